The molecule has 3 aromatic rings. The summed E-state index contributed by atoms with van der Waals surface area (Å²) < 4.78 is 16.5. The Morgan fingerprint density at radius 2 is 1.82 bits per heavy atom. The summed E-state index contributed by atoms with van der Waals surface area (Å²) in [4.78, 5) is 39.8. The maximum atomic E-state index is 12.9. The molecule has 0 spiro atoms. The summed E-state index contributed by atoms with van der Waals surface area (Å²) in [7, 11) is 3.23. The molecule has 10 heteroatoms. The van der Waals surface area contributed by atoms with Gasteiger partial charge in [0.15, 0.2) is 5.76 Å². The van der Waals surface area contributed by atoms with Crippen LogP contribution in [0.4, 0.5) is 5.00 Å². The van der Waals surface area contributed by atoms with Crippen molar-refractivity contribution in [2.75, 3.05) is 26.0 Å². The number of thiophene rings is 1. The van der Waals surface area contributed by atoms with E-state index in [4.69, 9.17) is 25.5 Å². The molecular weight excluding hydrogens is 480 g/mol. The Morgan fingerprint density at radius 1 is 1.12 bits per heavy atom. The van der Waals surface area contributed by atoms with E-state index in [1.807, 2.05) is 6.92 Å². The fourth-order valence-corrected chi connectivity index (χ4v) is 4.29. The van der Waals surface area contributed by atoms with Gasteiger partial charge in [-0.1, -0.05) is 18.5 Å². The SMILES string of the molecule is CCCOC(=O)c1c(NC(=O)c2ccc(COc3ccc(Cl)cc3)o2)sc(C(=O)N(C)C)c1C. The molecule has 1 aromatic carbocycles. The smallest absolute Gasteiger partial charge is 0.341 e. The second-order valence-corrected chi connectivity index (χ2v) is 9.02. The van der Waals surface area contributed by atoms with Crippen LogP contribution >= 0.6 is 22.9 Å². The number of halogens is 1. The number of rotatable bonds is 9. The van der Waals surface area contributed by atoms with Gasteiger partial charge in [-0.15, -0.1) is 11.3 Å². The van der Waals surface area contributed by atoms with E-state index in [9.17, 15) is 14.4 Å². The number of carbonyl (C=O) groups is 3. The summed E-state index contributed by atoms with van der Waals surface area (Å²) in [6.07, 6.45) is 0.646. The van der Waals surface area contributed by atoms with Crippen molar-refractivity contribution >= 4 is 45.7 Å². The second kappa shape index (κ2) is 11.2. The molecule has 8 nitrogen and oxygen atoms in total. The topological polar surface area (TPSA) is 98.1 Å². The molecular formula is C24H25ClN2O6S. The van der Waals surface area contributed by atoms with Gasteiger partial charge < -0.3 is 24.1 Å². The molecule has 0 atom stereocenters. The number of hydrogen-bond acceptors (Lipinski definition) is 7. The molecule has 0 fully saturated rings. The molecule has 0 aliphatic rings. The van der Waals surface area contributed by atoms with Crippen LogP contribution in [0.5, 0.6) is 5.75 Å². The molecule has 3 rings (SSSR count). The van der Waals surface area contributed by atoms with Crippen LogP contribution in [-0.4, -0.2) is 43.4 Å². The van der Waals surface area contributed by atoms with E-state index in [0.29, 0.717) is 33.4 Å². The fourth-order valence-electron chi connectivity index (χ4n) is 2.95. The van der Waals surface area contributed by atoms with Crippen molar-refractivity contribution < 1.29 is 28.3 Å². The predicted molar refractivity (Wildman–Crippen MR) is 130 cm³/mol. The zero-order valence-corrected chi connectivity index (χ0v) is 20.8. The monoisotopic (exact) mass is 504 g/mol. The van der Waals surface area contributed by atoms with Gasteiger partial charge in [-0.25, -0.2) is 4.79 Å². The van der Waals surface area contributed by atoms with Gasteiger partial charge in [0.2, 0.25) is 0 Å². The van der Waals surface area contributed by atoms with Crippen LogP contribution < -0.4 is 10.1 Å². The summed E-state index contributed by atoms with van der Waals surface area (Å²) in [5.41, 5.74) is 0.617. The second-order valence-electron chi connectivity index (χ2n) is 7.56. The van der Waals surface area contributed by atoms with Gasteiger partial charge in [0.25, 0.3) is 11.8 Å². The minimum Gasteiger partial charge on any atom is -0.486 e. The van der Waals surface area contributed by atoms with Crippen molar-refractivity contribution in [3.8, 4) is 5.75 Å². The van der Waals surface area contributed by atoms with Crippen LogP contribution in [0.2, 0.25) is 5.02 Å². The Bertz CT molecular complexity index is 1180. The van der Waals surface area contributed by atoms with Crippen molar-refractivity contribution in [1.29, 1.82) is 0 Å². The molecule has 34 heavy (non-hydrogen) atoms. The average molecular weight is 505 g/mol. The van der Waals surface area contributed by atoms with Gasteiger partial charge in [0.05, 0.1) is 17.0 Å². The molecule has 0 unspecified atom stereocenters. The van der Waals surface area contributed by atoms with Gasteiger partial charge in [-0.2, -0.15) is 0 Å². The van der Waals surface area contributed by atoms with Gasteiger partial charge >= 0.3 is 5.97 Å². The third-order valence-corrected chi connectivity index (χ3v) is 6.14. The predicted octanol–water partition coefficient (Wildman–Crippen LogP) is 5.40. The number of hydrogen-bond donors (Lipinski definition) is 1. The highest BCUT2D eigenvalue weighted by Crippen LogP contribution is 2.35. The highest BCUT2D eigenvalue weighted by Gasteiger charge is 2.28. The summed E-state index contributed by atoms with van der Waals surface area (Å²) >= 11 is 6.89. The van der Waals surface area contributed by atoms with E-state index in [1.165, 1.54) is 11.0 Å². The number of anilines is 1. The zero-order valence-electron chi connectivity index (χ0n) is 19.3. The van der Waals surface area contributed by atoms with Crippen molar-refractivity contribution in [2.45, 2.75) is 26.9 Å². The zero-order chi connectivity index (χ0) is 24.8. The lowest BCUT2D eigenvalue weighted by Gasteiger charge is -2.09. The van der Waals surface area contributed by atoms with E-state index >= 15 is 0 Å². The van der Waals surface area contributed by atoms with E-state index in [0.717, 1.165) is 11.3 Å². The molecule has 0 saturated carbocycles. The number of esters is 1. The maximum absolute atomic E-state index is 12.9. The Balaban J connectivity index is 1.78. The van der Waals surface area contributed by atoms with Crippen LogP contribution in [0.3, 0.4) is 0 Å². The number of benzene rings is 1. The van der Waals surface area contributed by atoms with Gasteiger partial charge in [-0.3, -0.25) is 9.59 Å². The van der Waals surface area contributed by atoms with E-state index in [2.05, 4.69) is 5.32 Å². The minimum absolute atomic E-state index is 0.0362. The largest absolute Gasteiger partial charge is 0.486 e. The molecule has 2 aromatic heterocycles. The van der Waals surface area contributed by atoms with Gasteiger partial charge in [-0.05, 0) is 55.3 Å². The van der Waals surface area contributed by atoms with E-state index in [1.54, 1.807) is 51.4 Å². The Kier molecular flexibility index (Phi) is 8.36. The first-order chi connectivity index (χ1) is 16.2. The Hall–Kier alpha value is -3.30. The van der Waals surface area contributed by atoms with Gasteiger partial charge in [0.1, 0.15) is 23.1 Å². The lowest BCUT2D eigenvalue weighted by atomic mass is 10.1. The fraction of sp³-hybridized carbons (Fsp3) is 0.292. The Labute approximate surface area is 206 Å². The number of nitrogens with zero attached hydrogens (tertiary/aromatic N) is 1. The van der Waals surface area contributed by atoms with Gasteiger partial charge in [0, 0.05) is 19.1 Å². The number of furan rings is 1. The summed E-state index contributed by atoms with van der Waals surface area (Å²) in [6, 6.07) is 10.0. The standard InChI is InChI=1S/C24H25ClN2O6S/c1-5-12-31-24(30)19-14(2)20(23(29)27(3)4)34-22(19)26-21(28)18-11-10-17(33-18)13-32-16-8-6-15(25)7-9-16/h6-11H,5,12-13H2,1-4H3,(H,26,28). The van der Waals surface area contributed by atoms with Crippen molar-refractivity contribution in [1.82, 2.24) is 4.90 Å². The summed E-state index contributed by atoms with van der Waals surface area (Å²) in [5, 5.41) is 3.52. The van der Waals surface area contributed by atoms with Crippen LogP contribution in [0.1, 0.15) is 55.3 Å². The van der Waals surface area contributed by atoms with Crippen LogP contribution in [-0.2, 0) is 11.3 Å². The number of nitrogens with one attached hydrogen (secondary N) is 1. The lowest BCUT2D eigenvalue weighted by molar-refractivity contribution is 0.0506. The van der Waals surface area contributed by atoms with Crippen LogP contribution in [0.25, 0.3) is 0 Å². The third-order valence-electron chi connectivity index (χ3n) is 4.70. The highest BCUT2D eigenvalue weighted by molar-refractivity contribution is 7.18. The minimum atomic E-state index is -0.597. The molecule has 0 radical (unpaired) electrons. The molecule has 2 amide bonds. The molecule has 2 heterocycles. The van der Waals surface area contributed by atoms with Crippen molar-refractivity contribution in [2.24, 2.45) is 0 Å². The molecule has 180 valence electrons. The number of amides is 2. The highest BCUT2D eigenvalue weighted by atomic mass is 35.5. The Morgan fingerprint density at radius 3 is 2.47 bits per heavy atom. The van der Waals surface area contributed by atoms with Crippen LogP contribution in [0, 0.1) is 6.92 Å². The summed E-state index contributed by atoms with van der Waals surface area (Å²) in [5.74, 6) is -0.350. The van der Waals surface area contributed by atoms with E-state index in [-0.39, 0.29) is 35.4 Å². The first kappa shape index (κ1) is 25.3. The first-order valence-electron chi connectivity index (χ1n) is 10.5. The quantitative estimate of drug-likeness (QED) is 0.392. The maximum Gasteiger partial charge on any atom is 0.341 e. The number of ether oxygens (including phenoxy) is 2. The molecule has 0 bridgehead atoms. The number of carbonyl (C=O) groups excluding carboxylic acids is 3. The molecule has 1 N–H and O–H groups in total. The molecule has 0 aliphatic carbocycles. The summed E-state index contributed by atoms with van der Waals surface area (Å²) in [6.45, 7) is 3.88. The average Bonchev–Trinajstić information content (AvgIpc) is 3.41. The van der Waals surface area contributed by atoms with Crippen molar-refractivity contribution in [3.63, 3.8) is 0 Å². The van der Waals surface area contributed by atoms with Crippen molar-refractivity contribution in [3.05, 3.63) is 68.9 Å². The molecule has 0 saturated heterocycles. The van der Waals surface area contributed by atoms with E-state index < -0.39 is 11.9 Å². The normalized spacial score (nSPS) is 10.6. The lowest BCUT2D eigenvalue weighted by Crippen LogP contribution is -2.21. The molecule has 0 aliphatic heterocycles. The first-order valence-corrected chi connectivity index (χ1v) is 11.7. The third kappa shape index (κ3) is 5.98. The van der Waals surface area contributed by atoms with Crippen LogP contribution in [0.15, 0.2) is 40.8 Å².